The van der Waals surface area contributed by atoms with Crippen LogP contribution in [-0.4, -0.2) is 20.6 Å². The van der Waals surface area contributed by atoms with E-state index in [0.717, 1.165) is 27.8 Å². The molecule has 0 saturated heterocycles. The van der Waals surface area contributed by atoms with Crippen LogP contribution in [0.15, 0.2) is 60.7 Å². The van der Waals surface area contributed by atoms with Gasteiger partial charge >= 0.3 is 0 Å². The van der Waals surface area contributed by atoms with E-state index in [2.05, 4.69) is 11.4 Å². The molecule has 1 amide bonds. The molecule has 3 aromatic carbocycles. The summed E-state index contributed by atoms with van der Waals surface area (Å²) in [4.78, 5) is 12.8. The Morgan fingerprint density at radius 2 is 1.55 bits per heavy atom. The number of benzene rings is 3. The molecule has 3 rings (SSSR count). The third-order valence-electron chi connectivity index (χ3n) is 5.96. The second-order valence-electron chi connectivity index (χ2n) is 8.79. The lowest BCUT2D eigenvalue weighted by Crippen LogP contribution is -2.29. The Balaban J connectivity index is 1.75. The molecular formula is C27H32N2O3S. The topological polar surface area (TPSA) is 66.5 Å². The average molecular weight is 465 g/mol. The minimum absolute atomic E-state index is 0.122. The van der Waals surface area contributed by atoms with E-state index in [4.69, 9.17) is 0 Å². The van der Waals surface area contributed by atoms with Gasteiger partial charge in [0.05, 0.1) is 24.5 Å². The van der Waals surface area contributed by atoms with Crippen molar-refractivity contribution in [1.29, 1.82) is 0 Å². The van der Waals surface area contributed by atoms with Crippen molar-refractivity contribution in [2.45, 2.75) is 47.2 Å². The van der Waals surface area contributed by atoms with Crippen LogP contribution in [-0.2, 0) is 16.6 Å². The predicted octanol–water partition coefficient (Wildman–Crippen LogP) is 5.38. The maximum absolute atomic E-state index is 12.8. The number of hydrogen-bond acceptors (Lipinski definition) is 3. The van der Waals surface area contributed by atoms with Crippen molar-refractivity contribution in [3.63, 3.8) is 0 Å². The highest BCUT2D eigenvalue weighted by atomic mass is 32.2. The Bertz CT molecular complexity index is 1270. The Hall–Kier alpha value is -3.12. The molecule has 0 aromatic heterocycles. The highest BCUT2D eigenvalue weighted by Gasteiger charge is 2.19. The molecule has 1 unspecified atom stereocenters. The van der Waals surface area contributed by atoms with Crippen molar-refractivity contribution in [1.82, 2.24) is 5.32 Å². The number of rotatable bonds is 7. The molecule has 6 heteroatoms. The van der Waals surface area contributed by atoms with E-state index in [9.17, 15) is 13.2 Å². The molecule has 0 radical (unpaired) electrons. The van der Waals surface area contributed by atoms with Gasteiger partial charge in [-0.1, -0.05) is 42.0 Å². The number of nitrogens with zero attached hydrogens (tertiary/aromatic N) is 1. The predicted molar refractivity (Wildman–Crippen MR) is 135 cm³/mol. The smallest absolute Gasteiger partial charge is 0.251 e. The summed E-state index contributed by atoms with van der Waals surface area (Å²) in [6.45, 7) is 10.2. The number of amides is 1. The Kier molecular flexibility index (Phi) is 7.28. The lowest BCUT2D eigenvalue weighted by atomic mass is 10.00. The van der Waals surface area contributed by atoms with Crippen LogP contribution in [0.4, 0.5) is 5.69 Å². The third-order valence-corrected chi connectivity index (χ3v) is 7.10. The molecule has 1 N–H and O–H groups in total. The summed E-state index contributed by atoms with van der Waals surface area (Å²) in [5.74, 6) is -0.164. The fourth-order valence-corrected chi connectivity index (χ4v) is 4.76. The summed E-state index contributed by atoms with van der Waals surface area (Å²) in [6, 6.07) is 18.8. The van der Waals surface area contributed by atoms with Crippen LogP contribution in [0.1, 0.15) is 56.7 Å². The van der Waals surface area contributed by atoms with Gasteiger partial charge in [-0.2, -0.15) is 0 Å². The van der Waals surface area contributed by atoms with Crippen LogP contribution in [0, 0.1) is 27.7 Å². The van der Waals surface area contributed by atoms with E-state index in [0.29, 0.717) is 11.3 Å². The van der Waals surface area contributed by atoms with Crippen molar-refractivity contribution in [2.75, 3.05) is 10.6 Å². The Morgan fingerprint density at radius 3 is 2.12 bits per heavy atom. The normalized spacial score (nSPS) is 12.3. The standard InChI is InChI=1S/C27H32N2O3S/c1-18-7-14-26(21(4)15-18)22(5)28-27(30)24-11-9-23(10-12-24)17-29(33(6,31)32)25-13-8-19(2)20(3)16-25/h7-16,22H,17H2,1-6H3,(H,28,30). The molecule has 0 saturated carbocycles. The molecule has 33 heavy (non-hydrogen) atoms. The largest absolute Gasteiger partial charge is 0.346 e. The zero-order valence-electron chi connectivity index (χ0n) is 20.1. The van der Waals surface area contributed by atoms with E-state index in [1.165, 1.54) is 16.1 Å². The summed E-state index contributed by atoms with van der Waals surface area (Å²) < 4.78 is 26.3. The average Bonchev–Trinajstić information content (AvgIpc) is 2.73. The second kappa shape index (κ2) is 9.79. The van der Waals surface area contributed by atoms with Gasteiger partial charge in [-0.25, -0.2) is 8.42 Å². The second-order valence-corrected chi connectivity index (χ2v) is 10.7. The molecule has 0 fully saturated rings. The van der Waals surface area contributed by atoms with Crippen LogP contribution < -0.4 is 9.62 Å². The number of aryl methyl sites for hydroxylation is 4. The first kappa shape index (κ1) is 24.5. The quantitative estimate of drug-likeness (QED) is 0.511. The fraction of sp³-hybridized carbons (Fsp3) is 0.296. The van der Waals surface area contributed by atoms with Crippen molar-refractivity contribution >= 4 is 21.6 Å². The first-order valence-corrected chi connectivity index (χ1v) is 12.8. The molecule has 0 aliphatic heterocycles. The summed E-state index contributed by atoms with van der Waals surface area (Å²) >= 11 is 0. The van der Waals surface area contributed by atoms with Crippen molar-refractivity contribution in [3.8, 4) is 0 Å². The lowest BCUT2D eigenvalue weighted by Gasteiger charge is -2.23. The van der Waals surface area contributed by atoms with E-state index >= 15 is 0 Å². The Labute approximate surface area is 197 Å². The molecule has 0 aliphatic carbocycles. The van der Waals surface area contributed by atoms with Gasteiger partial charge in [-0.3, -0.25) is 9.10 Å². The number of carbonyl (C=O) groups is 1. The summed E-state index contributed by atoms with van der Waals surface area (Å²) in [6.07, 6.45) is 1.21. The first-order valence-electron chi connectivity index (χ1n) is 11.0. The number of nitrogens with one attached hydrogen (secondary N) is 1. The molecule has 174 valence electrons. The third kappa shape index (κ3) is 6.02. The summed E-state index contributed by atoms with van der Waals surface area (Å²) in [5, 5.41) is 3.05. The van der Waals surface area contributed by atoms with E-state index in [-0.39, 0.29) is 18.5 Å². The summed E-state index contributed by atoms with van der Waals surface area (Å²) in [5.41, 5.74) is 7.53. The molecule has 5 nitrogen and oxygen atoms in total. The van der Waals surface area contributed by atoms with Crippen LogP contribution in [0.2, 0.25) is 0 Å². The van der Waals surface area contributed by atoms with Gasteiger partial charge in [0, 0.05) is 5.56 Å². The SMILES string of the molecule is Cc1ccc(C(C)NC(=O)c2ccc(CN(c3ccc(C)c(C)c3)S(C)(=O)=O)cc2)c(C)c1. The van der Waals surface area contributed by atoms with E-state index < -0.39 is 10.0 Å². The van der Waals surface area contributed by atoms with Crippen molar-refractivity contribution in [3.05, 3.63) is 99.6 Å². The number of sulfonamides is 1. The fourth-order valence-electron chi connectivity index (χ4n) is 3.88. The molecule has 1 atom stereocenters. The van der Waals surface area contributed by atoms with Gasteiger partial charge in [-0.05, 0) is 86.7 Å². The monoisotopic (exact) mass is 464 g/mol. The highest BCUT2D eigenvalue weighted by Crippen LogP contribution is 2.24. The van der Waals surface area contributed by atoms with Gasteiger partial charge < -0.3 is 5.32 Å². The molecule has 0 heterocycles. The zero-order valence-corrected chi connectivity index (χ0v) is 21.0. The zero-order chi connectivity index (χ0) is 24.3. The maximum atomic E-state index is 12.8. The van der Waals surface area contributed by atoms with Crippen LogP contribution in [0.25, 0.3) is 0 Å². The molecular weight excluding hydrogens is 432 g/mol. The highest BCUT2D eigenvalue weighted by molar-refractivity contribution is 7.92. The van der Waals surface area contributed by atoms with Crippen molar-refractivity contribution in [2.24, 2.45) is 0 Å². The minimum atomic E-state index is -3.47. The van der Waals surface area contributed by atoms with Crippen LogP contribution in [0.3, 0.4) is 0 Å². The molecule has 0 bridgehead atoms. The maximum Gasteiger partial charge on any atom is 0.251 e. The Morgan fingerprint density at radius 1 is 0.879 bits per heavy atom. The summed E-state index contributed by atoms with van der Waals surface area (Å²) in [7, 11) is -3.47. The van der Waals surface area contributed by atoms with Gasteiger partial charge in [0.1, 0.15) is 0 Å². The minimum Gasteiger partial charge on any atom is -0.346 e. The van der Waals surface area contributed by atoms with Gasteiger partial charge in [0.25, 0.3) is 5.91 Å². The first-order chi connectivity index (χ1) is 15.5. The van der Waals surface area contributed by atoms with Crippen LogP contribution in [0.5, 0.6) is 0 Å². The van der Waals surface area contributed by atoms with E-state index in [1.54, 1.807) is 24.3 Å². The van der Waals surface area contributed by atoms with Gasteiger partial charge in [0.15, 0.2) is 0 Å². The number of carbonyl (C=O) groups excluding carboxylic acids is 1. The molecule has 0 aliphatic rings. The van der Waals surface area contributed by atoms with E-state index in [1.807, 2.05) is 65.0 Å². The lowest BCUT2D eigenvalue weighted by molar-refractivity contribution is 0.0940. The van der Waals surface area contributed by atoms with Gasteiger partial charge in [0.2, 0.25) is 10.0 Å². The number of hydrogen-bond donors (Lipinski definition) is 1. The number of anilines is 1. The molecule has 3 aromatic rings. The van der Waals surface area contributed by atoms with Crippen molar-refractivity contribution < 1.29 is 13.2 Å². The van der Waals surface area contributed by atoms with Crippen LogP contribution >= 0.6 is 0 Å². The molecule has 0 spiro atoms. The van der Waals surface area contributed by atoms with Gasteiger partial charge in [-0.15, -0.1) is 0 Å².